The van der Waals surface area contributed by atoms with Crippen molar-refractivity contribution in [3.05, 3.63) is 66.0 Å². The van der Waals surface area contributed by atoms with Gasteiger partial charge in [-0.1, -0.05) is 30.3 Å². The molecule has 3 heterocycles. The highest BCUT2D eigenvalue weighted by Gasteiger charge is 2.31. The van der Waals surface area contributed by atoms with Crippen LogP contribution >= 0.6 is 0 Å². The fraction of sp³-hybridized carbons (Fsp3) is 0.385. The molecule has 0 spiro atoms. The zero-order valence-corrected chi connectivity index (χ0v) is 19.5. The van der Waals surface area contributed by atoms with E-state index in [1.807, 2.05) is 47.4 Å². The monoisotopic (exact) mass is 475 g/mol. The maximum Gasteiger partial charge on any atom is 0.261 e. The fourth-order valence-corrected chi connectivity index (χ4v) is 4.71. The van der Waals surface area contributed by atoms with Crippen LogP contribution in [-0.2, 0) is 4.79 Å². The highest BCUT2D eigenvalue weighted by atomic mass is 16.5. The topological polar surface area (TPSA) is 112 Å². The number of aromatic nitrogens is 3. The second-order valence-corrected chi connectivity index (χ2v) is 9.02. The van der Waals surface area contributed by atoms with Crippen molar-refractivity contribution in [2.75, 3.05) is 26.2 Å². The van der Waals surface area contributed by atoms with Gasteiger partial charge in [0, 0.05) is 30.8 Å². The largest absolute Gasteiger partial charge is 0.484 e. The van der Waals surface area contributed by atoms with E-state index in [2.05, 4.69) is 10.2 Å². The van der Waals surface area contributed by atoms with Gasteiger partial charge in [-0.2, -0.15) is 5.10 Å². The average molecular weight is 476 g/mol. The number of aromatic amines is 1. The van der Waals surface area contributed by atoms with Crippen LogP contribution in [0.3, 0.4) is 0 Å². The fourth-order valence-electron chi connectivity index (χ4n) is 4.71. The first-order valence-electron chi connectivity index (χ1n) is 12.1. The molecule has 2 fully saturated rings. The minimum absolute atomic E-state index is 0.0309. The van der Waals surface area contributed by atoms with E-state index in [0.29, 0.717) is 49.0 Å². The van der Waals surface area contributed by atoms with Gasteiger partial charge in [-0.15, -0.1) is 0 Å². The van der Waals surface area contributed by atoms with Crippen molar-refractivity contribution in [2.24, 2.45) is 0 Å². The number of benzene rings is 2. The van der Waals surface area contributed by atoms with Crippen LogP contribution in [-0.4, -0.2) is 74.2 Å². The molecule has 35 heavy (non-hydrogen) atoms. The van der Waals surface area contributed by atoms with Crippen LogP contribution in [0.15, 0.2) is 54.6 Å². The number of hydrogen-bond acceptors (Lipinski definition) is 6. The molecule has 9 heteroatoms. The number of hydrogen-bond donors (Lipinski definition) is 2. The Labute approximate surface area is 203 Å². The number of carbonyl (C=O) groups is 2. The van der Waals surface area contributed by atoms with Gasteiger partial charge >= 0.3 is 0 Å². The number of aliphatic hydroxyl groups excluding tert-OH is 1. The number of aliphatic hydroxyl groups is 1. The summed E-state index contributed by atoms with van der Waals surface area (Å²) in [6, 6.07) is 16.3. The molecule has 0 aliphatic carbocycles. The van der Waals surface area contributed by atoms with E-state index in [4.69, 9.17) is 9.72 Å². The molecule has 2 amide bonds. The Kier molecular flexibility index (Phi) is 6.76. The average Bonchev–Trinajstić information content (AvgIpc) is 3.57. The number of piperidine rings is 1. The number of likely N-dealkylation sites (tertiary alicyclic amines) is 2. The Morgan fingerprint density at radius 1 is 1.06 bits per heavy atom. The molecule has 2 aromatic carbocycles. The molecule has 9 nitrogen and oxygen atoms in total. The van der Waals surface area contributed by atoms with Crippen molar-refractivity contribution in [3.63, 3.8) is 0 Å². The highest BCUT2D eigenvalue weighted by Crippen LogP contribution is 2.30. The Hall–Kier alpha value is -3.72. The van der Waals surface area contributed by atoms with Gasteiger partial charge in [0.2, 0.25) is 0 Å². The number of amides is 2. The van der Waals surface area contributed by atoms with E-state index >= 15 is 0 Å². The van der Waals surface area contributed by atoms with Crippen LogP contribution in [0.4, 0.5) is 0 Å². The van der Waals surface area contributed by atoms with Crippen LogP contribution in [0, 0.1) is 0 Å². The van der Waals surface area contributed by atoms with Crippen molar-refractivity contribution in [3.8, 4) is 17.1 Å². The molecule has 5 rings (SSSR count). The van der Waals surface area contributed by atoms with Gasteiger partial charge in [-0.05, 0) is 49.9 Å². The molecule has 3 aromatic rings. The molecule has 0 unspecified atom stereocenters. The molecule has 0 radical (unpaired) electrons. The lowest BCUT2D eigenvalue weighted by Gasteiger charge is -2.34. The van der Waals surface area contributed by atoms with E-state index in [9.17, 15) is 14.7 Å². The second kappa shape index (κ2) is 10.3. The molecule has 0 saturated carbocycles. The number of H-pyrrole nitrogens is 1. The summed E-state index contributed by atoms with van der Waals surface area (Å²) in [5.41, 5.74) is 1.26. The summed E-state index contributed by atoms with van der Waals surface area (Å²) in [6.07, 6.45) is 2.86. The van der Waals surface area contributed by atoms with Crippen LogP contribution < -0.4 is 4.74 Å². The van der Waals surface area contributed by atoms with Gasteiger partial charge in [-0.25, -0.2) is 4.98 Å². The summed E-state index contributed by atoms with van der Waals surface area (Å²) < 4.78 is 5.68. The summed E-state index contributed by atoms with van der Waals surface area (Å²) in [6.45, 7) is 1.52. The minimum atomic E-state index is -0.461. The van der Waals surface area contributed by atoms with E-state index in [1.165, 1.54) is 0 Å². The summed E-state index contributed by atoms with van der Waals surface area (Å²) in [5.74, 6) is 1.58. The predicted molar refractivity (Wildman–Crippen MR) is 129 cm³/mol. The molecule has 1 aromatic heterocycles. The maximum absolute atomic E-state index is 13.0. The minimum Gasteiger partial charge on any atom is -0.484 e. The Morgan fingerprint density at radius 3 is 2.71 bits per heavy atom. The predicted octanol–water partition coefficient (Wildman–Crippen LogP) is 2.81. The van der Waals surface area contributed by atoms with E-state index < -0.39 is 6.10 Å². The first kappa shape index (κ1) is 23.0. The molecular formula is C26H29N5O4. The smallest absolute Gasteiger partial charge is 0.261 e. The lowest BCUT2D eigenvalue weighted by molar-refractivity contribution is -0.137. The Balaban J connectivity index is 1.29. The number of β-amino-alcohol motifs (C(OH)–C–C–N with tert-alkyl or cyclic N) is 1. The molecule has 0 bridgehead atoms. The Morgan fingerprint density at radius 2 is 1.91 bits per heavy atom. The molecule has 2 N–H and O–H groups in total. The molecule has 2 atom stereocenters. The van der Waals surface area contributed by atoms with E-state index in [-0.39, 0.29) is 24.5 Å². The summed E-state index contributed by atoms with van der Waals surface area (Å²) >= 11 is 0. The normalized spacial score (nSPS) is 20.1. The van der Waals surface area contributed by atoms with Crippen LogP contribution in [0.1, 0.15) is 47.9 Å². The van der Waals surface area contributed by atoms with Gasteiger partial charge in [-0.3, -0.25) is 14.7 Å². The van der Waals surface area contributed by atoms with Gasteiger partial charge in [0.15, 0.2) is 12.4 Å². The SMILES string of the molecule is O=C(c1cccc(-c2n[nH]c([C@H]3CCCCN3C(=O)COc3ccccc3)n2)c1)N1CC[C@H](O)C1. The van der Waals surface area contributed by atoms with Crippen molar-refractivity contribution in [2.45, 2.75) is 37.8 Å². The highest BCUT2D eigenvalue weighted by molar-refractivity contribution is 5.95. The third kappa shape index (κ3) is 5.19. The van der Waals surface area contributed by atoms with Gasteiger partial charge in [0.25, 0.3) is 11.8 Å². The third-order valence-electron chi connectivity index (χ3n) is 6.57. The van der Waals surface area contributed by atoms with Crippen LogP contribution in [0.2, 0.25) is 0 Å². The Bertz CT molecular complexity index is 1180. The molecule has 2 aliphatic rings. The van der Waals surface area contributed by atoms with Crippen LogP contribution in [0.25, 0.3) is 11.4 Å². The quantitative estimate of drug-likeness (QED) is 0.567. The zero-order chi connectivity index (χ0) is 24.2. The van der Waals surface area contributed by atoms with Crippen molar-refractivity contribution in [1.82, 2.24) is 25.0 Å². The van der Waals surface area contributed by atoms with Gasteiger partial charge < -0.3 is 19.6 Å². The van der Waals surface area contributed by atoms with Crippen molar-refractivity contribution < 1.29 is 19.4 Å². The number of nitrogens with one attached hydrogen (secondary N) is 1. The zero-order valence-electron chi connectivity index (χ0n) is 19.5. The summed E-state index contributed by atoms with van der Waals surface area (Å²) in [4.78, 5) is 34.0. The van der Waals surface area contributed by atoms with E-state index in [1.54, 1.807) is 17.0 Å². The first-order valence-corrected chi connectivity index (χ1v) is 12.1. The number of nitrogens with zero attached hydrogens (tertiary/aromatic N) is 4. The lowest BCUT2D eigenvalue weighted by atomic mass is 10.0. The van der Waals surface area contributed by atoms with Gasteiger partial charge in [0.1, 0.15) is 11.6 Å². The number of ether oxygens (including phenoxy) is 1. The molecule has 182 valence electrons. The summed E-state index contributed by atoms with van der Waals surface area (Å²) in [7, 11) is 0. The molecule has 2 saturated heterocycles. The molecule has 2 aliphatic heterocycles. The van der Waals surface area contributed by atoms with Gasteiger partial charge in [0.05, 0.1) is 12.1 Å². The molecular weight excluding hydrogens is 446 g/mol. The second-order valence-electron chi connectivity index (χ2n) is 9.02. The summed E-state index contributed by atoms with van der Waals surface area (Å²) in [5, 5.41) is 17.2. The lowest BCUT2D eigenvalue weighted by Crippen LogP contribution is -2.41. The van der Waals surface area contributed by atoms with E-state index in [0.717, 1.165) is 24.8 Å². The standard InChI is InChI=1S/C26H29N5O4/c32-20-12-14-30(16-20)26(34)19-8-6-7-18(15-19)24-27-25(29-28-24)22-11-4-5-13-31(22)23(33)17-35-21-9-2-1-3-10-21/h1-3,6-10,15,20,22,32H,4-5,11-14,16-17H2,(H,27,28,29)/t20-,22+/m0/s1. The number of rotatable bonds is 6. The van der Waals surface area contributed by atoms with Crippen molar-refractivity contribution >= 4 is 11.8 Å². The third-order valence-corrected chi connectivity index (χ3v) is 6.57. The number of carbonyl (C=O) groups excluding carboxylic acids is 2. The number of para-hydroxylation sites is 1. The van der Waals surface area contributed by atoms with Crippen LogP contribution in [0.5, 0.6) is 5.75 Å². The first-order chi connectivity index (χ1) is 17.1. The maximum atomic E-state index is 13.0. The van der Waals surface area contributed by atoms with Crippen molar-refractivity contribution in [1.29, 1.82) is 0 Å².